The first-order valence-electron chi connectivity index (χ1n) is 10.6. The number of aryl methyl sites for hydroxylation is 2. The van der Waals surface area contributed by atoms with Gasteiger partial charge in [-0.1, -0.05) is 17.3 Å². The zero-order chi connectivity index (χ0) is 23.4. The van der Waals surface area contributed by atoms with Gasteiger partial charge >= 0.3 is 0 Å². The fraction of sp³-hybridized carbons (Fsp3) is 0.280. The van der Waals surface area contributed by atoms with Crippen molar-refractivity contribution in [3.63, 3.8) is 0 Å². The van der Waals surface area contributed by atoms with Crippen molar-refractivity contribution in [3.8, 4) is 23.0 Å². The average Bonchev–Trinajstić information content (AvgIpc) is 3.42. The maximum atomic E-state index is 12.4. The fourth-order valence-corrected chi connectivity index (χ4v) is 3.46. The molecule has 0 spiro atoms. The summed E-state index contributed by atoms with van der Waals surface area (Å²) in [5.74, 6) is 3.08. The Bertz CT molecular complexity index is 1160. The van der Waals surface area contributed by atoms with Crippen molar-refractivity contribution in [2.45, 2.75) is 33.4 Å². The van der Waals surface area contributed by atoms with Gasteiger partial charge in [-0.3, -0.25) is 4.79 Å². The number of amides is 1. The van der Waals surface area contributed by atoms with E-state index in [4.69, 9.17) is 23.5 Å². The Labute approximate surface area is 192 Å². The molecule has 4 rings (SSSR count). The molecule has 8 heteroatoms. The Kier molecular flexibility index (Phi) is 6.53. The molecule has 0 saturated carbocycles. The van der Waals surface area contributed by atoms with Crippen LogP contribution in [0.4, 0.5) is 0 Å². The van der Waals surface area contributed by atoms with Gasteiger partial charge in [0.15, 0.2) is 23.0 Å². The van der Waals surface area contributed by atoms with E-state index in [1.807, 2.05) is 57.2 Å². The van der Waals surface area contributed by atoms with Gasteiger partial charge in [-0.25, -0.2) is 0 Å². The van der Waals surface area contributed by atoms with Crippen LogP contribution in [0.25, 0.3) is 6.08 Å². The third-order valence-corrected chi connectivity index (χ3v) is 5.42. The predicted molar refractivity (Wildman–Crippen MR) is 121 cm³/mol. The van der Waals surface area contributed by atoms with E-state index in [2.05, 4.69) is 10.5 Å². The lowest BCUT2D eigenvalue weighted by Crippen LogP contribution is -2.24. The predicted octanol–water partition coefficient (Wildman–Crippen LogP) is 4.50. The number of ether oxygens (including phenoxy) is 4. The molecule has 1 aliphatic rings. The van der Waals surface area contributed by atoms with Crippen molar-refractivity contribution < 1.29 is 28.3 Å². The number of aromatic nitrogens is 1. The maximum Gasteiger partial charge on any atom is 0.244 e. The first-order valence-corrected chi connectivity index (χ1v) is 10.6. The third kappa shape index (κ3) is 5.11. The summed E-state index contributed by atoms with van der Waals surface area (Å²) in [5, 5.41) is 6.89. The van der Waals surface area contributed by atoms with Crippen molar-refractivity contribution in [1.29, 1.82) is 0 Å². The molecule has 1 unspecified atom stereocenters. The summed E-state index contributed by atoms with van der Waals surface area (Å²) < 4.78 is 27.3. The summed E-state index contributed by atoms with van der Waals surface area (Å²) in [6.07, 6.45) is 3.21. The van der Waals surface area contributed by atoms with Gasteiger partial charge in [-0.2, -0.15) is 0 Å². The molecule has 1 amide bonds. The average molecular weight is 450 g/mol. The lowest BCUT2D eigenvalue weighted by Gasteiger charge is -2.13. The molecule has 1 atom stereocenters. The van der Waals surface area contributed by atoms with E-state index in [0.717, 1.165) is 28.1 Å². The summed E-state index contributed by atoms with van der Waals surface area (Å²) in [5.41, 5.74) is 3.45. The van der Waals surface area contributed by atoms with Crippen LogP contribution >= 0.6 is 0 Å². The smallest absolute Gasteiger partial charge is 0.244 e. The topological polar surface area (TPSA) is 92.1 Å². The van der Waals surface area contributed by atoms with Crippen LogP contribution in [-0.2, 0) is 11.4 Å². The van der Waals surface area contributed by atoms with Gasteiger partial charge in [0.25, 0.3) is 0 Å². The highest BCUT2D eigenvalue weighted by molar-refractivity contribution is 5.92. The fourth-order valence-electron chi connectivity index (χ4n) is 3.46. The largest absolute Gasteiger partial charge is 0.493 e. The number of methoxy groups -OCH3 is 1. The summed E-state index contributed by atoms with van der Waals surface area (Å²) in [6.45, 7) is 6.18. The molecule has 0 radical (unpaired) electrons. The van der Waals surface area contributed by atoms with Crippen LogP contribution in [0.3, 0.4) is 0 Å². The van der Waals surface area contributed by atoms with Crippen LogP contribution in [-0.4, -0.2) is 25.0 Å². The highest BCUT2D eigenvalue weighted by atomic mass is 16.7. The van der Waals surface area contributed by atoms with Crippen LogP contribution in [0, 0.1) is 13.8 Å². The molecule has 0 aliphatic carbocycles. The molecule has 1 N–H and O–H groups in total. The second kappa shape index (κ2) is 9.68. The number of hydrogen-bond donors (Lipinski definition) is 1. The Balaban J connectivity index is 1.37. The van der Waals surface area contributed by atoms with Crippen molar-refractivity contribution in [3.05, 3.63) is 70.6 Å². The lowest BCUT2D eigenvalue weighted by molar-refractivity contribution is -0.117. The van der Waals surface area contributed by atoms with Crippen molar-refractivity contribution in [1.82, 2.24) is 10.5 Å². The molecule has 8 nitrogen and oxygen atoms in total. The maximum absolute atomic E-state index is 12.4. The van der Waals surface area contributed by atoms with E-state index in [1.54, 1.807) is 13.2 Å². The molecule has 3 aromatic rings. The van der Waals surface area contributed by atoms with Gasteiger partial charge in [0, 0.05) is 6.08 Å². The quantitative estimate of drug-likeness (QED) is 0.505. The van der Waals surface area contributed by atoms with Gasteiger partial charge in [0.2, 0.25) is 12.7 Å². The molecule has 172 valence electrons. The van der Waals surface area contributed by atoms with Gasteiger partial charge in [-0.15, -0.1) is 0 Å². The van der Waals surface area contributed by atoms with E-state index in [-0.39, 0.29) is 18.7 Å². The molecule has 0 fully saturated rings. The highest BCUT2D eigenvalue weighted by Crippen LogP contribution is 2.34. The Morgan fingerprint density at radius 1 is 1.15 bits per heavy atom. The zero-order valence-corrected chi connectivity index (χ0v) is 19.0. The number of nitrogens with zero attached hydrogens (tertiary/aromatic N) is 1. The monoisotopic (exact) mass is 450 g/mol. The van der Waals surface area contributed by atoms with Crippen LogP contribution < -0.4 is 24.3 Å². The number of rotatable bonds is 8. The Morgan fingerprint density at radius 3 is 2.73 bits per heavy atom. The molecule has 2 heterocycles. The van der Waals surface area contributed by atoms with E-state index in [9.17, 15) is 4.79 Å². The van der Waals surface area contributed by atoms with Gasteiger partial charge in [-0.05, 0) is 62.2 Å². The second-order valence-electron chi connectivity index (χ2n) is 7.68. The zero-order valence-electron chi connectivity index (χ0n) is 19.0. The Hall–Kier alpha value is -3.94. The molecule has 33 heavy (non-hydrogen) atoms. The number of carbonyl (C=O) groups excluding carboxylic acids is 1. The molecule has 0 saturated heterocycles. The molecule has 1 aromatic heterocycles. The molecule has 1 aliphatic heterocycles. The normalized spacial score (nSPS) is 13.2. The van der Waals surface area contributed by atoms with Crippen LogP contribution in [0.1, 0.15) is 41.1 Å². The number of nitrogens with one attached hydrogen (secondary N) is 1. The van der Waals surface area contributed by atoms with E-state index < -0.39 is 0 Å². The van der Waals surface area contributed by atoms with Crippen molar-refractivity contribution in [2.75, 3.05) is 13.9 Å². The minimum Gasteiger partial charge on any atom is -0.493 e. The van der Waals surface area contributed by atoms with E-state index in [0.29, 0.717) is 29.6 Å². The van der Waals surface area contributed by atoms with Crippen molar-refractivity contribution >= 4 is 12.0 Å². The molecular formula is C25H26N2O6. The standard InChI is InChI=1S/C25H26N2O6/c1-15(19-7-9-22-24(12-19)32-14-31-22)26-25(28)10-6-18-5-8-21(23(11-18)29-4)30-13-20-16(2)27-33-17(20)3/h5-12,15H,13-14H2,1-4H3,(H,26,28)/b10-6+. The Morgan fingerprint density at radius 2 is 1.97 bits per heavy atom. The minimum atomic E-state index is -0.210. The third-order valence-electron chi connectivity index (χ3n) is 5.42. The SMILES string of the molecule is COc1cc(/C=C/C(=O)NC(C)c2ccc3c(c2)OCO3)ccc1OCc1c(C)noc1C. The van der Waals surface area contributed by atoms with E-state index in [1.165, 1.54) is 6.08 Å². The molecular weight excluding hydrogens is 424 g/mol. The first-order chi connectivity index (χ1) is 15.9. The number of hydrogen-bond acceptors (Lipinski definition) is 7. The summed E-state index contributed by atoms with van der Waals surface area (Å²) in [6, 6.07) is 10.9. The van der Waals surface area contributed by atoms with Crippen LogP contribution in [0.5, 0.6) is 23.0 Å². The van der Waals surface area contributed by atoms with Crippen LogP contribution in [0.15, 0.2) is 47.0 Å². The number of fused-ring (bicyclic) bond motifs is 1. The first kappa shape index (κ1) is 22.3. The lowest BCUT2D eigenvalue weighted by atomic mass is 10.1. The van der Waals surface area contributed by atoms with E-state index >= 15 is 0 Å². The molecule has 2 aromatic carbocycles. The van der Waals surface area contributed by atoms with Gasteiger partial charge < -0.3 is 28.8 Å². The number of carbonyl (C=O) groups is 1. The van der Waals surface area contributed by atoms with Crippen LogP contribution in [0.2, 0.25) is 0 Å². The summed E-state index contributed by atoms with van der Waals surface area (Å²) in [4.78, 5) is 12.4. The highest BCUT2D eigenvalue weighted by Gasteiger charge is 2.16. The molecule has 0 bridgehead atoms. The van der Waals surface area contributed by atoms with Crippen molar-refractivity contribution in [2.24, 2.45) is 0 Å². The minimum absolute atomic E-state index is 0.189. The summed E-state index contributed by atoms with van der Waals surface area (Å²) >= 11 is 0. The summed E-state index contributed by atoms with van der Waals surface area (Å²) in [7, 11) is 1.57. The van der Waals surface area contributed by atoms with Gasteiger partial charge in [0.05, 0.1) is 24.4 Å². The second-order valence-corrected chi connectivity index (χ2v) is 7.68. The number of benzene rings is 2. The van der Waals surface area contributed by atoms with Gasteiger partial charge in [0.1, 0.15) is 12.4 Å².